The zero-order valence-corrected chi connectivity index (χ0v) is 10.7. The van der Waals surface area contributed by atoms with E-state index in [1.807, 2.05) is 0 Å². The Bertz CT molecular complexity index is 543. The van der Waals surface area contributed by atoms with E-state index in [-0.39, 0.29) is 6.54 Å². The third kappa shape index (κ3) is 2.48. The zero-order valence-electron chi connectivity index (χ0n) is 10.7. The summed E-state index contributed by atoms with van der Waals surface area (Å²) < 4.78 is 38.9. The molecule has 1 fully saturated rings. The Morgan fingerprint density at radius 1 is 1.30 bits per heavy atom. The van der Waals surface area contributed by atoms with E-state index >= 15 is 0 Å². The van der Waals surface area contributed by atoms with Crippen molar-refractivity contribution in [1.82, 2.24) is 5.32 Å². The lowest BCUT2D eigenvalue weighted by atomic mass is 10.0. The molecule has 20 heavy (non-hydrogen) atoms. The number of amides is 3. The van der Waals surface area contributed by atoms with Crippen LogP contribution in [0.2, 0.25) is 0 Å². The van der Waals surface area contributed by atoms with Crippen molar-refractivity contribution in [2.24, 2.45) is 5.92 Å². The molecule has 1 saturated heterocycles. The van der Waals surface area contributed by atoms with Crippen molar-refractivity contribution >= 4 is 17.6 Å². The second-order valence-corrected chi connectivity index (χ2v) is 4.48. The van der Waals surface area contributed by atoms with Gasteiger partial charge in [0.2, 0.25) is 5.91 Å². The van der Waals surface area contributed by atoms with Crippen LogP contribution in [0.5, 0.6) is 0 Å². The summed E-state index contributed by atoms with van der Waals surface area (Å²) in [5, 5.41) is 2.44. The van der Waals surface area contributed by atoms with Crippen LogP contribution in [-0.2, 0) is 11.0 Å². The number of para-hydroxylation sites is 1. The highest BCUT2D eigenvalue weighted by atomic mass is 19.4. The minimum atomic E-state index is -4.63. The smallest absolute Gasteiger partial charge is 0.337 e. The van der Waals surface area contributed by atoms with Crippen molar-refractivity contribution in [3.63, 3.8) is 0 Å². The Balaban J connectivity index is 2.49. The van der Waals surface area contributed by atoms with E-state index in [1.165, 1.54) is 12.1 Å². The molecule has 0 saturated carbocycles. The molecule has 1 aromatic rings. The van der Waals surface area contributed by atoms with Gasteiger partial charge in [0.1, 0.15) is 0 Å². The van der Waals surface area contributed by atoms with Crippen molar-refractivity contribution in [2.75, 3.05) is 11.4 Å². The van der Waals surface area contributed by atoms with Crippen LogP contribution >= 0.6 is 0 Å². The number of nitrogens with one attached hydrogen (secondary N) is 1. The number of alkyl halides is 3. The monoisotopic (exact) mass is 286 g/mol. The van der Waals surface area contributed by atoms with Gasteiger partial charge < -0.3 is 5.32 Å². The molecule has 1 aliphatic heterocycles. The zero-order chi connectivity index (χ0) is 14.9. The highest BCUT2D eigenvalue weighted by Crippen LogP contribution is 2.37. The summed E-state index contributed by atoms with van der Waals surface area (Å²) in [4.78, 5) is 24.5. The number of nitrogens with zero attached hydrogens (tertiary/aromatic N) is 1. The highest BCUT2D eigenvalue weighted by molar-refractivity contribution is 6.17. The van der Waals surface area contributed by atoms with Crippen LogP contribution in [0.4, 0.5) is 23.7 Å². The molecule has 1 N–H and O–H groups in total. The first-order valence-corrected chi connectivity index (χ1v) is 6.14. The van der Waals surface area contributed by atoms with Gasteiger partial charge in [-0.2, -0.15) is 13.2 Å². The van der Waals surface area contributed by atoms with Crippen LogP contribution in [0.3, 0.4) is 0 Å². The normalized spacial score (nSPS) is 20.0. The molecular weight excluding hydrogens is 273 g/mol. The summed E-state index contributed by atoms with van der Waals surface area (Å²) in [5.41, 5.74) is -1.43. The number of hydrogen-bond acceptors (Lipinski definition) is 2. The maximum Gasteiger partial charge on any atom is 0.418 e. The van der Waals surface area contributed by atoms with E-state index in [1.54, 1.807) is 6.92 Å². The molecule has 1 unspecified atom stereocenters. The fourth-order valence-corrected chi connectivity index (χ4v) is 2.11. The fraction of sp³-hybridized carbons (Fsp3) is 0.385. The van der Waals surface area contributed by atoms with E-state index in [0.29, 0.717) is 11.3 Å². The highest BCUT2D eigenvalue weighted by Gasteiger charge is 2.40. The lowest BCUT2D eigenvalue weighted by Gasteiger charge is -2.32. The third-order valence-electron chi connectivity index (χ3n) is 3.22. The van der Waals surface area contributed by atoms with Crippen molar-refractivity contribution < 1.29 is 22.8 Å². The Hall–Kier alpha value is -2.05. The van der Waals surface area contributed by atoms with Crippen LogP contribution < -0.4 is 10.2 Å². The van der Waals surface area contributed by atoms with E-state index in [9.17, 15) is 22.8 Å². The summed E-state index contributed by atoms with van der Waals surface area (Å²) in [6.07, 6.45) is -4.18. The van der Waals surface area contributed by atoms with Gasteiger partial charge in [0.15, 0.2) is 0 Å². The number of urea groups is 1. The first-order valence-electron chi connectivity index (χ1n) is 6.14. The standard InChI is InChI=1S/C13H13F3N2O2/c1-2-8-7-17-12(20)18(11(8)19)10-6-4-3-5-9(10)13(14,15)16/h3-6,8H,2,7H2,1H3,(H,17,20). The molecule has 4 nitrogen and oxygen atoms in total. The predicted octanol–water partition coefficient (Wildman–Crippen LogP) is 2.79. The summed E-state index contributed by atoms with van der Waals surface area (Å²) >= 11 is 0. The molecule has 0 radical (unpaired) electrons. The fourth-order valence-electron chi connectivity index (χ4n) is 2.11. The van der Waals surface area contributed by atoms with Crippen LogP contribution in [-0.4, -0.2) is 18.5 Å². The Kier molecular flexibility index (Phi) is 3.69. The maximum atomic E-state index is 13.0. The Morgan fingerprint density at radius 2 is 1.95 bits per heavy atom. The number of benzene rings is 1. The van der Waals surface area contributed by atoms with Gasteiger partial charge in [0.05, 0.1) is 17.2 Å². The molecule has 2 rings (SSSR count). The van der Waals surface area contributed by atoms with Gasteiger partial charge in [-0.1, -0.05) is 19.1 Å². The molecule has 1 aliphatic rings. The average molecular weight is 286 g/mol. The Labute approximate surface area is 113 Å². The molecule has 0 bridgehead atoms. The maximum absolute atomic E-state index is 13.0. The third-order valence-corrected chi connectivity index (χ3v) is 3.22. The molecule has 1 heterocycles. The molecule has 7 heteroatoms. The number of carbonyl (C=O) groups is 2. The lowest BCUT2D eigenvalue weighted by molar-refractivity contribution is -0.137. The SMILES string of the molecule is CCC1CNC(=O)N(c2ccccc2C(F)(F)F)C1=O. The quantitative estimate of drug-likeness (QED) is 0.908. The van der Waals surface area contributed by atoms with Gasteiger partial charge in [-0.15, -0.1) is 0 Å². The first kappa shape index (κ1) is 14.4. The molecule has 1 atom stereocenters. The van der Waals surface area contributed by atoms with Gasteiger partial charge in [-0.3, -0.25) is 4.79 Å². The molecule has 108 valence electrons. The van der Waals surface area contributed by atoms with E-state index in [0.717, 1.165) is 12.1 Å². The summed E-state index contributed by atoms with van der Waals surface area (Å²) in [6, 6.07) is 3.73. The largest absolute Gasteiger partial charge is 0.418 e. The minimum absolute atomic E-state index is 0.152. The summed E-state index contributed by atoms with van der Waals surface area (Å²) in [7, 11) is 0. The molecule has 0 aromatic heterocycles. The number of imide groups is 1. The Morgan fingerprint density at radius 3 is 2.55 bits per heavy atom. The number of hydrogen-bond donors (Lipinski definition) is 1. The predicted molar refractivity (Wildman–Crippen MR) is 66.1 cm³/mol. The van der Waals surface area contributed by atoms with Crippen LogP contribution in [0.15, 0.2) is 24.3 Å². The summed E-state index contributed by atoms with van der Waals surface area (Å²) in [5.74, 6) is -1.11. The molecule has 1 aromatic carbocycles. The van der Waals surface area contributed by atoms with Crippen LogP contribution in [0.25, 0.3) is 0 Å². The molecule has 0 aliphatic carbocycles. The number of anilines is 1. The van der Waals surface area contributed by atoms with Crippen LogP contribution in [0.1, 0.15) is 18.9 Å². The van der Waals surface area contributed by atoms with Crippen molar-refractivity contribution in [1.29, 1.82) is 0 Å². The van der Waals surface area contributed by atoms with E-state index in [4.69, 9.17) is 0 Å². The number of carbonyl (C=O) groups excluding carboxylic acids is 2. The topological polar surface area (TPSA) is 49.4 Å². The minimum Gasteiger partial charge on any atom is -0.337 e. The summed E-state index contributed by atoms with van der Waals surface area (Å²) in [6.45, 7) is 1.90. The number of halogens is 3. The lowest BCUT2D eigenvalue weighted by Crippen LogP contribution is -2.55. The van der Waals surface area contributed by atoms with E-state index < -0.39 is 35.3 Å². The van der Waals surface area contributed by atoms with Crippen molar-refractivity contribution in [3.8, 4) is 0 Å². The van der Waals surface area contributed by atoms with Crippen molar-refractivity contribution in [2.45, 2.75) is 19.5 Å². The van der Waals surface area contributed by atoms with Gasteiger partial charge in [0, 0.05) is 6.54 Å². The van der Waals surface area contributed by atoms with Gasteiger partial charge in [-0.05, 0) is 18.6 Å². The molecule has 0 spiro atoms. The second-order valence-electron chi connectivity index (χ2n) is 4.48. The molecular formula is C13H13F3N2O2. The van der Waals surface area contributed by atoms with Crippen molar-refractivity contribution in [3.05, 3.63) is 29.8 Å². The second kappa shape index (κ2) is 5.15. The van der Waals surface area contributed by atoms with Gasteiger partial charge in [0.25, 0.3) is 0 Å². The van der Waals surface area contributed by atoms with Gasteiger partial charge >= 0.3 is 12.2 Å². The average Bonchev–Trinajstić information content (AvgIpc) is 2.38. The van der Waals surface area contributed by atoms with Gasteiger partial charge in [-0.25, -0.2) is 9.69 Å². The van der Waals surface area contributed by atoms with Crippen LogP contribution in [0, 0.1) is 5.92 Å². The number of rotatable bonds is 2. The molecule has 3 amide bonds. The first-order chi connectivity index (χ1) is 9.36. The van der Waals surface area contributed by atoms with E-state index in [2.05, 4.69) is 5.32 Å².